The molecule has 184 valence electrons. The highest BCUT2D eigenvalue weighted by atomic mass is 16.4. The minimum Gasteiger partial charge on any atom is -0.465 e. The number of aromatic amines is 1. The normalized spacial score (nSPS) is 13.3. The van der Waals surface area contributed by atoms with Crippen molar-refractivity contribution in [2.24, 2.45) is 5.84 Å². The van der Waals surface area contributed by atoms with Crippen LogP contribution in [0, 0.1) is 0 Å². The Morgan fingerprint density at radius 3 is 2.20 bits per heavy atom. The zero-order chi connectivity index (χ0) is 25.4. The first-order chi connectivity index (χ1) is 16.8. The summed E-state index contributed by atoms with van der Waals surface area (Å²) in [6.07, 6.45) is 0.657. The zero-order valence-electron chi connectivity index (χ0n) is 19.1. The number of carboxylic acid groups (broad SMARTS) is 1. The molecule has 0 saturated carbocycles. The van der Waals surface area contributed by atoms with Gasteiger partial charge in [0.1, 0.15) is 18.1 Å². The van der Waals surface area contributed by atoms with Crippen molar-refractivity contribution in [3.8, 4) is 0 Å². The van der Waals surface area contributed by atoms with Gasteiger partial charge in [-0.2, -0.15) is 0 Å². The molecule has 3 rings (SSSR count). The monoisotopic (exact) mass is 480 g/mol. The highest BCUT2D eigenvalue weighted by molar-refractivity contribution is 5.94. The minimum absolute atomic E-state index is 0.103. The number of benzene rings is 2. The Kier molecular flexibility index (Phi) is 8.41. The van der Waals surface area contributed by atoms with Gasteiger partial charge in [-0.25, -0.2) is 10.6 Å². The molecule has 8 N–H and O–H groups in total. The van der Waals surface area contributed by atoms with Crippen LogP contribution in [-0.4, -0.2) is 52.0 Å². The van der Waals surface area contributed by atoms with E-state index in [1.54, 1.807) is 36.5 Å². The van der Waals surface area contributed by atoms with Crippen LogP contribution in [0.1, 0.15) is 18.1 Å². The van der Waals surface area contributed by atoms with E-state index in [9.17, 15) is 19.2 Å². The third-order valence-electron chi connectivity index (χ3n) is 5.52. The van der Waals surface area contributed by atoms with E-state index in [2.05, 4.69) is 26.4 Å². The van der Waals surface area contributed by atoms with Crippen LogP contribution in [0.5, 0.6) is 0 Å². The number of H-pyrrole nitrogens is 1. The van der Waals surface area contributed by atoms with E-state index in [1.165, 1.54) is 6.92 Å². The van der Waals surface area contributed by atoms with Gasteiger partial charge in [0, 0.05) is 29.9 Å². The van der Waals surface area contributed by atoms with Gasteiger partial charge in [-0.3, -0.25) is 19.8 Å². The Labute approximate surface area is 201 Å². The van der Waals surface area contributed by atoms with E-state index in [1.807, 2.05) is 24.3 Å². The van der Waals surface area contributed by atoms with Crippen LogP contribution in [0.2, 0.25) is 0 Å². The highest BCUT2D eigenvalue weighted by Gasteiger charge is 2.28. The Balaban J connectivity index is 1.66. The number of nitrogens with one attached hydrogen (secondary N) is 5. The van der Waals surface area contributed by atoms with Crippen molar-refractivity contribution in [1.82, 2.24) is 26.4 Å². The lowest BCUT2D eigenvalue weighted by molar-refractivity contribution is -0.132. The molecule has 0 bridgehead atoms. The van der Waals surface area contributed by atoms with E-state index in [0.717, 1.165) is 22.0 Å². The van der Waals surface area contributed by atoms with Crippen molar-refractivity contribution >= 4 is 34.7 Å². The summed E-state index contributed by atoms with van der Waals surface area (Å²) >= 11 is 0. The molecule has 0 saturated heterocycles. The number of amides is 4. The van der Waals surface area contributed by atoms with E-state index < -0.39 is 41.9 Å². The molecule has 2 aromatic carbocycles. The van der Waals surface area contributed by atoms with Crippen LogP contribution in [0.15, 0.2) is 60.8 Å². The first kappa shape index (κ1) is 25.2. The second-order valence-electron chi connectivity index (χ2n) is 8.06. The SMILES string of the molecule is C[C@@H](NC(=O)[C@H](Cc1ccccc1)NC(=O)O)C(=O)N[C@@H](Cc1c[nH]c2ccccc12)C(=O)NN. The van der Waals surface area contributed by atoms with Crippen molar-refractivity contribution in [3.05, 3.63) is 71.9 Å². The summed E-state index contributed by atoms with van der Waals surface area (Å²) < 4.78 is 0. The van der Waals surface area contributed by atoms with Crippen molar-refractivity contribution in [2.45, 2.75) is 37.9 Å². The van der Waals surface area contributed by atoms with Gasteiger partial charge in [0.05, 0.1) is 0 Å². The van der Waals surface area contributed by atoms with Crippen molar-refractivity contribution in [2.75, 3.05) is 0 Å². The number of hydrogen-bond donors (Lipinski definition) is 7. The fourth-order valence-corrected chi connectivity index (χ4v) is 3.71. The van der Waals surface area contributed by atoms with Gasteiger partial charge >= 0.3 is 6.09 Å². The topological polar surface area (TPSA) is 178 Å². The smallest absolute Gasteiger partial charge is 0.405 e. The summed E-state index contributed by atoms with van der Waals surface area (Å²) in [5, 5.41) is 17.3. The Morgan fingerprint density at radius 1 is 0.857 bits per heavy atom. The van der Waals surface area contributed by atoms with Crippen LogP contribution in [-0.2, 0) is 27.2 Å². The van der Waals surface area contributed by atoms with Gasteiger partial charge < -0.3 is 26.0 Å². The Bertz CT molecular complexity index is 1200. The first-order valence-electron chi connectivity index (χ1n) is 11.0. The van der Waals surface area contributed by atoms with Crippen molar-refractivity contribution in [1.29, 1.82) is 0 Å². The fourth-order valence-electron chi connectivity index (χ4n) is 3.71. The van der Waals surface area contributed by atoms with Gasteiger partial charge in [0.2, 0.25) is 11.8 Å². The zero-order valence-corrected chi connectivity index (χ0v) is 19.1. The second-order valence-corrected chi connectivity index (χ2v) is 8.06. The standard InChI is InChI=1S/C24H28N6O5/c1-14(27-22(32)19(29-24(34)35)11-15-7-3-2-4-8-15)21(31)28-20(23(33)30-25)12-16-13-26-18-10-6-5-9-17(16)18/h2-10,13-14,19-20,26,29H,11-12,25H2,1H3,(H,27,32)(H,28,31)(H,30,33)(H,34,35)/t14-,19+,20+/m1/s1. The number of fused-ring (bicyclic) bond motifs is 1. The number of hydrazine groups is 1. The third-order valence-corrected chi connectivity index (χ3v) is 5.52. The predicted octanol–water partition coefficient (Wildman–Crippen LogP) is 0.569. The maximum atomic E-state index is 12.8. The molecule has 1 heterocycles. The van der Waals surface area contributed by atoms with Crippen molar-refractivity contribution in [3.63, 3.8) is 0 Å². The molecule has 3 atom stereocenters. The van der Waals surface area contributed by atoms with Crippen LogP contribution in [0.25, 0.3) is 10.9 Å². The first-order valence-corrected chi connectivity index (χ1v) is 11.0. The highest BCUT2D eigenvalue weighted by Crippen LogP contribution is 2.19. The average molecular weight is 481 g/mol. The average Bonchev–Trinajstić information content (AvgIpc) is 3.25. The molecule has 0 aliphatic heterocycles. The van der Waals surface area contributed by atoms with E-state index >= 15 is 0 Å². The predicted molar refractivity (Wildman–Crippen MR) is 129 cm³/mol. The number of para-hydroxylation sites is 1. The molecule has 3 aromatic rings. The Hall–Kier alpha value is -4.38. The third kappa shape index (κ3) is 6.81. The molecule has 35 heavy (non-hydrogen) atoms. The van der Waals surface area contributed by atoms with Gasteiger partial charge in [0.15, 0.2) is 0 Å². The number of carbonyl (C=O) groups excluding carboxylic acids is 3. The van der Waals surface area contributed by atoms with Crippen LogP contribution in [0.3, 0.4) is 0 Å². The summed E-state index contributed by atoms with van der Waals surface area (Å²) in [5.74, 6) is 3.42. The van der Waals surface area contributed by atoms with Crippen LogP contribution in [0.4, 0.5) is 4.79 Å². The van der Waals surface area contributed by atoms with E-state index in [0.29, 0.717) is 0 Å². The molecule has 0 radical (unpaired) electrons. The number of nitrogens with two attached hydrogens (primary N) is 1. The summed E-state index contributed by atoms with van der Waals surface area (Å²) in [6.45, 7) is 1.44. The number of rotatable bonds is 10. The molecule has 0 spiro atoms. The fraction of sp³-hybridized carbons (Fsp3) is 0.250. The molecule has 0 aliphatic carbocycles. The molecule has 0 fully saturated rings. The lowest BCUT2D eigenvalue weighted by atomic mass is 10.0. The summed E-state index contributed by atoms with van der Waals surface area (Å²) in [4.78, 5) is 52.2. The molecule has 4 amide bonds. The van der Waals surface area contributed by atoms with Gasteiger partial charge in [0.25, 0.3) is 5.91 Å². The summed E-state index contributed by atoms with van der Waals surface area (Å²) in [7, 11) is 0. The van der Waals surface area contributed by atoms with Gasteiger partial charge in [-0.15, -0.1) is 0 Å². The van der Waals surface area contributed by atoms with Gasteiger partial charge in [-0.05, 0) is 24.1 Å². The minimum atomic E-state index is -1.36. The number of carbonyl (C=O) groups is 4. The molecular formula is C24H28N6O5. The van der Waals surface area contributed by atoms with Crippen LogP contribution >= 0.6 is 0 Å². The summed E-state index contributed by atoms with van der Waals surface area (Å²) in [6, 6.07) is 13.3. The number of aromatic nitrogens is 1. The molecule has 0 unspecified atom stereocenters. The number of hydrogen-bond acceptors (Lipinski definition) is 5. The lowest BCUT2D eigenvalue weighted by Crippen LogP contribution is -2.57. The van der Waals surface area contributed by atoms with E-state index in [-0.39, 0.29) is 12.8 Å². The van der Waals surface area contributed by atoms with Gasteiger partial charge in [-0.1, -0.05) is 48.5 Å². The molecule has 1 aromatic heterocycles. The quantitative estimate of drug-likeness (QED) is 0.127. The van der Waals surface area contributed by atoms with E-state index in [4.69, 9.17) is 10.9 Å². The maximum Gasteiger partial charge on any atom is 0.405 e. The summed E-state index contributed by atoms with van der Waals surface area (Å²) in [5.41, 5.74) is 4.49. The van der Waals surface area contributed by atoms with Crippen LogP contribution < -0.4 is 27.2 Å². The second kappa shape index (κ2) is 11.7. The maximum absolute atomic E-state index is 12.8. The Morgan fingerprint density at radius 2 is 1.51 bits per heavy atom. The lowest BCUT2D eigenvalue weighted by Gasteiger charge is -2.22. The molecule has 11 nitrogen and oxygen atoms in total. The molecule has 11 heteroatoms. The van der Waals surface area contributed by atoms with Crippen molar-refractivity contribution < 1.29 is 24.3 Å². The molecular weight excluding hydrogens is 452 g/mol. The molecule has 0 aliphatic rings. The largest absolute Gasteiger partial charge is 0.465 e.